The van der Waals surface area contributed by atoms with Crippen molar-refractivity contribution in [2.24, 2.45) is 12.0 Å². The van der Waals surface area contributed by atoms with Crippen molar-refractivity contribution in [1.29, 1.82) is 0 Å². The Bertz CT molecular complexity index is 674. The van der Waals surface area contributed by atoms with Crippen LogP contribution in [-0.4, -0.2) is 21.8 Å². The van der Waals surface area contributed by atoms with E-state index in [0.717, 1.165) is 0 Å². The number of benzene rings is 1. The summed E-state index contributed by atoms with van der Waals surface area (Å²) < 4.78 is 1.52. The number of aliphatic imine (C=N–C) groups is 1. The molecular weight excluding hydrogens is 268 g/mol. The fourth-order valence-electron chi connectivity index (χ4n) is 1.48. The normalized spacial score (nSPS) is 9.79. The second kappa shape index (κ2) is 5.48. The van der Waals surface area contributed by atoms with Crippen molar-refractivity contribution < 1.29 is 9.59 Å². The van der Waals surface area contributed by atoms with E-state index in [1.165, 1.54) is 17.0 Å². The van der Waals surface area contributed by atoms with E-state index in [0.29, 0.717) is 11.3 Å². The number of hydrogen-bond acceptors (Lipinski definition) is 4. The smallest absolute Gasteiger partial charge is 0.258 e. The van der Waals surface area contributed by atoms with Gasteiger partial charge in [0, 0.05) is 13.2 Å². The third-order valence-corrected chi connectivity index (χ3v) is 2.76. The maximum Gasteiger partial charge on any atom is 0.258 e. The quantitative estimate of drug-likeness (QED) is 0.690. The number of nitrogens with zero attached hydrogens (tertiary/aromatic N) is 3. The summed E-state index contributed by atoms with van der Waals surface area (Å²) >= 11 is 6.02. The fraction of sp³-hybridized carbons (Fsp3) is 0.0833. The second-order valence-electron chi connectivity index (χ2n) is 3.70. The minimum Gasteiger partial charge on any atom is -0.320 e. The summed E-state index contributed by atoms with van der Waals surface area (Å²) in [6.07, 6.45) is 4.43. The number of anilines is 1. The summed E-state index contributed by atoms with van der Waals surface area (Å²) in [6, 6.07) is 4.79. The van der Waals surface area contributed by atoms with Gasteiger partial charge in [-0.2, -0.15) is 10.1 Å². The number of hydrogen-bond donors (Lipinski definition) is 1. The number of carbonyl (C=O) groups excluding carboxylic acids is 2. The molecule has 0 aliphatic rings. The summed E-state index contributed by atoms with van der Waals surface area (Å²) in [5.74, 6) is -0.345. The van der Waals surface area contributed by atoms with Gasteiger partial charge in [0.25, 0.3) is 5.91 Å². The number of amides is 1. The van der Waals surface area contributed by atoms with Gasteiger partial charge in [0.05, 0.1) is 28.2 Å². The number of rotatable bonds is 3. The Balaban J connectivity index is 2.26. The van der Waals surface area contributed by atoms with Gasteiger partial charge in [-0.1, -0.05) is 17.7 Å². The molecule has 1 N–H and O–H groups in total. The summed E-state index contributed by atoms with van der Waals surface area (Å²) in [5.41, 5.74) is 1.02. The molecule has 2 rings (SSSR count). The lowest BCUT2D eigenvalue weighted by Crippen LogP contribution is -2.11. The summed E-state index contributed by atoms with van der Waals surface area (Å²) in [7, 11) is 1.71. The fourth-order valence-corrected chi connectivity index (χ4v) is 1.70. The number of isocyanates is 1. The van der Waals surface area contributed by atoms with Crippen LogP contribution < -0.4 is 5.32 Å². The van der Waals surface area contributed by atoms with Gasteiger partial charge in [0.15, 0.2) is 0 Å². The maximum atomic E-state index is 11.9. The molecule has 2 aromatic rings. The van der Waals surface area contributed by atoms with Crippen LogP contribution in [0.15, 0.2) is 35.6 Å². The predicted octanol–water partition coefficient (Wildman–Crippen LogP) is 2.29. The molecule has 0 spiro atoms. The van der Waals surface area contributed by atoms with Gasteiger partial charge >= 0.3 is 0 Å². The Morgan fingerprint density at radius 2 is 2.32 bits per heavy atom. The Kier molecular flexibility index (Phi) is 3.75. The van der Waals surface area contributed by atoms with E-state index in [1.54, 1.807) is 31.4 Å². The van der Waals surface area contributed by atoms with Crippen molar-refractivity contribution in [2.75, 3.05) is 5.32 Å². The van der Waals surface area contributed by atoms with Crippen LogP contribution in [0.3, 0.4) is 0 Å². The van der Waals surface area contributed by atoms with Gasteiger partial charge in [-0.25, -0.2) is 4.79 Å². The van der Waals surface area contributed by atoms with Gasteiger partial charge in [-0.05, 0) is 12.1 Å². The number of aryl methyl sites for hydroxylation is 1. The molecule has 7 heteroatoms. The molecule has 0 aliphatic heterocycles. The van der Waals surface area contributed by atoms with Gasteiger partial charge in [-0.15, -0.1) is 0 Å². The standard InChI is InChI=1S/C12H9ClN4O2/c1-17-6-8(5-15-17)12(19)16-10-4-2-3-9(11(10)13)14-7-18/h2-6H,1H3,(H,16,19). The summed E-state index contributed by atoms with van der Waals surface area (Å²) in [5, 5.41) is 6.71. The predicted molar refractivity (Wildman–Crippen MR) is 70.4 cm³/mol. The molecule has 0 unspecified atom stereocenters. The van der Waals surface area contributed by atoms with E-state index in [2.05, 4.69) is 15.4 Å². The Morgan fingerprint density at radius 1 is 1.53 bits per heavy atom. The summed E-state index contributed by atoms with van der Waals surface area (Å²) in [4.78, 5) is 25.6. The number of aromatic nitrogens is 2. The lowest BCUT2D eigenvalue weighted by Gasteiger charge is -2.06. The zero-order valence-corrected chi connectivity index (χ0v) is 10.7. The number of halogens is 1. The van der Waals surface area contributed by atoms with Crippen molar-refractivity contribution in [3.63, 3.8) is 0 Å². The molecule has 1 aromatic carbocycles. The molecule has 0 atom stereocenters. The first-order valence-electron chi connectivity index (χ1n) is 5.28. The minimum atomic E-state index is -0.345. The van der Waals surface area contributed by atoms with E-state index in [-0.39, 0.29) is 16.6 Å². The molecule has 0 saturated heterocycles. The minimum absolute atomic E-state index is 0.183. The SMILES string of the molecule is Cn1cc(C(=O)Nc2cccc(N=C=O)c2Cl)cn1. The Hall–Kier alpha value is -2.43. The molecular formula is C12H9ClN4O2. The van der Waals surface area contributed by atoms with Crippen LogP contribution in [-0.2, 0) is 11.8 Å². The molecule has 19 heavy (non-hydrogen) atoms. The van der Waals surface area contributed by atoms with E-state index in [9.17, 15) is 9.59 Å². The van der Waals surface area contributed by atoms with Gasteiger partial charge in [0.1, 0.15) is 0 Å². The first-order valence-corrected chi connectivity index (χ1v) is 5.66. The number of nitrogens with one attached hydrogen (secondary N) is 1. The van der Waals surface area contributed by atoms with Gasteiger partial charge in [-0.3, -0.25) is 9.48 Å². The summed E-state index contributed by atoms with van der Waals surface area (Å²) in [6.45, 7) is 0. The molecule has 0 fully saturated rings. The van der Waals surface area contributed by atoms with Gasteiger partial charge < -0.3 is 5.32 Å². The zero-order valence-electron chi connectivity index (χ0n) is 9.92. The average Bonchev–Trinajstić information content (AvgIpc) is 2.81. The zero-order chi connectivity index (χ0) is 13.8. The molecule has 0 aliphatic carbocycles. The molecule has 0 bridgehead atoms. The monoisotopic (exact) mass is 276 g/mol. The van der Waals surface area contributed by atoms with Crippen molar-refractivity contribution in [1.82, 2.24) is 9.78 Å². The third-order valence-electron chi connectivity index (χ3n) is 2.36. The number of carbonyl (C=O) groups is 1. The highest BCUT2D eigenvalue weighted by Crippen LogP contribution is 2.32. The van der Waals surface area contributed by atoms with Crippen molar-refractivity contribution >= 4 is 35.0 Å². The second-order valence-corrected chi connectivity index (χ2v) is 4.08. The van der Waals surface area contributed by atoms with Crippen LogP contribution in [0.25, 0.3) is 0 Å². The van der Waals surface area contributed by atoms with Crippen LogP contribution in [0.5, 0.6) is 0 Å². The topological polar surface area (TPSA) is 76.3 Å². The molecule has 1 aromatic heterocycles. The molecule has 6 nitrogen and oxygen atoms in total. The molecule has 1 heterocycles. The average molecular weight is 277 g/mol. The molecule has 0 radical (unpaired) electrons. The highest BCUT2D eigenvalue weighted by molar-refractivity contribution is 6.36. The van der Waals surface area contributed by atoms with Crippen molar-refractivity contribution in [2.45, 2.75) is 0 Å². The van der Waals surface area contributed by atoms with Crippen LogP contribution in [0.4, 0.5) is 11.4 Å². The first-order chi connectivity index (χ1) is 9.11. The van der Waals surface area contributed by atoms with E-state index >= 15 is 0 Å². The van der Waals surface area contributed by atoms with Crippen LogP contribution in [0, 0.1) is 0 Å². The lowest BCUT2D eigenvalue weighted by atomic mass is 10.2. The Labute approximate surface area is 113 Å². The highest BCUT2D eigenvalue weighted by Gasteiger charge is 2.12. The van der Waals surface area contributed by atoms with Crippen LogP contribution >= 0.6 is 11.6 Å². The van der Waals surface area contributed by atoms with E-state index in [1.807, 2.05) is 0 Å². The van der Waals surface area contributed by atoms with Gasteiger partial charge in [0.2, 0.25) is 6.08 Å². The van der Waals surface area contributed by atoms with Crippen molar-refractivity contribution in [3.8, 4) is 0 Å². The van der Waals surface area contributed by atoms with E-state index < -0.39 is 0 Å². The van der Waals surface area contributed by atoms with E-state index in [4.69, 9.17) is 11.6 Å². The van der Waals surface area contributed by atoms with Crippen LogP contribution in [0.1, 0.15) is 10.4 Å². The third kappa shape index (κ3) is 2.88. The lowest BCUT2D eigenvalue weighted by molar-refractivity contribution is 0.102. The highest BCUT2D eigenvalue weighted by atomic mass is 35.5. The van der Waals surface area contributed by atoms with Crippen LogP contribution in [0.2, 0.25) is 5.02 Å². The molecule has 0 saturated carbocycles. The Morgan fingerprint density at radius 3 is 2.95 bits per heavy atom. The molecule has 1 amide bonds. The largest absolute Gasteiger partial charge is 0.320 e. The molecule has 96 valence electrons. The maximum absolute atomic E-state index is 11.9. The van der Waals surface area contributed by atoms with Crippen molar-refractivity contribution in [3.05, 3.63) is 41.2 Å². The first kappa shape index (κ1) is 13.0.